The van der Waals surface area contributed by atoms with Crippen LogP contribution in [0, 0.1) is 5.82 Å². The van der Waals surface area contributed by atoms with E-state index in [1.807, 2.05) is 0 Å². The predicted molar refractivity (Wildman–Crippen MR) is 57.9 cm³/mol. The van der Waals surface area contributed by atoms with Crippen LogP contribution in [0.5, 0.6) is 0 Å². The van der Waals surface area contributed by atoms with Crippen molar-refractivity contribution in [3.8, 4) is 0 Å². The third-order valence-electron chi connectivity index (χ3n) is 2.29. The maximum Gasteiger partial charge on any atom is 0.416 e. The Morgan fingerprint density at radius 1 is 1.26 bits per heavy atom. The number of hydrogen-bond donors (Lipinski definition) is 2. The molecule has 0 fully saturated rings. The van der Waals surface area contributed by atoms with Gasteiger partial charge in [0, 0.05) is 6.07 Å². The highest BCUT2D eigenvalue weighted by molar-refractivity contribution is 6.04. The Bertz CT molecular complexity index is 592. The number of carbonyl (C=O) groups excluding carboxylic acids is 1. The van der Waals surface area contributed by atoms with Crippen molar-refractivity contribution in [2.45, 2.75) is 6.18 Å². The van der Waals surface area contributed by atoms with Crippen molar-refractivity contribution in [3.63, 3.8) is 0 Å². The number of aromatic amines is 1. The van der Waals surface area contributed by atoms with Crippen LogP contribution >= 0.6 is 0 Å². The molecule has 0 aliphatic heterocycles. The predicted octanol–water partition coefficient (Wildman–Crippen LogP) is 2.82. The van der Waals surface area contributed by atoms with Crippen molar-refractivity contribution in [2.24, 2.45) is 0 Å². The van der Waals surface area contributed by atoms with Crippen LogP contribution in [0.25, 0.3) is 0 Å². The summed E-state index contributed by atoms with van der Waals surface area (Å²) in [5.74, 6) is -1.88. The zero-order chi connectivity index (χ0) is 14.0. The second kappa shape index (κ2) is 4.71. The van der Waals surface area contributed by atoms with Gasteiger partial charge >= 0.3 is 6.18 Å². The van der Waals surface area contributed by atoms with E-state index in [1.54, 1.807) is 0 Å². The lowest BCUT2D eigenvalue weighted by Crippen LogP contribution is -2.16. The number of H-pyrrole nitrogens is 1. The molecule has 19 heavy (non-hydrogen) atoms. The third kappa shape index (κ3) is 2.90. The quantitative estimate of drug-likeness (QED) is 0.826. The van der Waals surface area contributed by atoms with Gasteiger partial charge in [0.15, 0.2) is 0 Å². The summed E-state index contributed by atoms with van der Waals surface area (Å²) in [4.78, 5) is 11.6. The van der Waals surface area contributed by atoms with Gasteiger partial charge < -0.3 is 5.32 Å². The molecule has 0 spiro atoms. The average molecular weight is 273 g/mol. The zero-order valence-corrected chi connectivity index (χ0v) is 9.25. The van der Waals surface area contributed by atoms with E-state index in [1.165, 1.54) is 12.3 Å². The van der Waals surface area contributed by atoms with Crippen molar-refractivity contribution >= 4 is 11.7 Å². The molecule has 0 saturated carbocycles. The minimum Gasteiger partial charge on any atom is -0.307 e. The van der Waals surface area contributed by atoms with Crippen LogP contribution in [0.1, 0.15) is 15.9 Å². The Kier molecular flexibility index (Phi) is 3.24. The second-order valence-electron chi connectivity index (χ2n) is 3.62. The van der Waals surface area contributed by atoms with Gasteiger partial charge in [-0.1, -0.05) is 0 Å². The van der Waals surface area contributed by atoms with Gasteiger partial charge in [0.2, 0.25) is 0 Å². The van der Waals surface area contributed by atoms with Crippen LogP contribution < -0.4 is 5.32 Å². The van der Waals surface area contributed by atoms with Gasteiger partial charge in [-0.05, 0) is 18.2 Å². The van der Waals surface area contributed by atoms with Gasteiger partial charge in [0.25, 0.3) is 5.91 Å². The van der Waals surface area contributed by atoms with Crippen LogP contribution in [0.4, 0.5) is 23.4 Å². The lowest BCUT2D eigenvalue weighted by Gasteiger charge is -2.09. The summed E-state index contributed by atoms with van der Waals surface area (Å²) in [6, 6.07) is 3.01. The van der Waals surface area contributed by atoms with Crippen LogP contribution in [-0.4, -0.2) is 16.1 Å². The standard InChI is InChI=1S/C11H7F4N3O/c12-8-2-1-6(11(13,14)15)5-7(8)10(19)17-9-3-4-16-18-9/h1-5H,(H2,16,17,18,19). The van der Waals surface area contributed by atoms with E-state index in [4.69, 9.17) is 0 Å². The average Bonchev–Trinajstić information content (AvgIpc) is 2.80. The summed E-state index contributed by atoms with van der Waals surface area (Å²) < 4.78 is 50.8. The molecular formula is C11H7F4N3O. The highest BCUT2D eigenvalue weighted by Crippen LogP contribution is 2.30. The summed E-state index contributed by atoms with van der Waals surface area (Å²) in [6.45, 7) is 0. The van der Waals surface area contributed by atoms with Crippen molar-refractivity contribution < 1.29 is 22.4 Å². The number of anilines is 1. The monoisotopic (exact) mass is 273 g/mol. The maximum atomic E-state index is 13.4. The van der Waals surface area contributed by atoms with Gasteiger partial charge in [-0.15, -0.1) is 0 Å². The number of carbonyl (C=O) groups is 1. The Hall–Kier alpha value is -2.38. The van der Waals surface area contributed by atoms with Crippen LogP contribution in [0.15, 0.2) is 30.5 Å². The van der Waals surface area contributed by atoms with E-state index in [0.29, 0.717) is 18.2 Å². The Labute approximate surface area is 104 Å². The van der Waals surface area contributed by atoms with Crippen LogP contribution in [0.2, 0.25) is 0 Å². The number of nitrogens with zero attached hydrogens (tertiary/aromatic N) is 1. The van der Waals surface area contributed by atoms with E-state index < -0.39 is 29.0 Å². The summed E-state index contributed by atoms with van der Waals surface area (Å²) >= 11 is 0. The molecule has 0 unspecified atom stereocenters. The number of halogens is 4. The molecule has 0 atom stereocenters. The van der Waals surface area contributed by atoms with Crippen molar-refractivity contribution in [1.29, 1.82) is 0 Å². The normalized spacial score (nSPS) is 11.4. The Morgan fingerprint density at radius 3 is 2.58 bits per heavy atom. The molecule has 1 heterocycles. The minimum atomic E-state index is -4.64. The number of amides is 1. The number of nitrogens with one attached hydrogen (secondary N) is 2. The number of rotatable bonds is 2. The lowest BCUT2D eigenvalue weighted by atomic mass is 10.1. The van der Waals surface area contributed by atoms with E-state index in [2.05, 4.69) is 15.5 Å². The van der Waals surface area contributed by atoms with E-state index >= 15 is 0 Å². The van der Waals surface area contributed by atoms with Gasteiger partial charge in [-0.3, -0.25) is 9.89 Å². The molecule has 2 rings (SSSR count). The lowest BCUT2D eigenvalue weighted by molar-refractivity contribution is -0.137. The molecule has 0 radical (unpaired) electrons. The summed E-state index contributed by atoms with van der Waals surface area (Å²) in [5.41, 5.74) is -1.78. The highest BCUT2D eigenvalue weighted by atomic mass is 19.4. The molecule has 100 valence electrons. The SMILES string of the molecule is O=C(Nc1ccn[nH]1)c1cc(C(F)(F)F)ccc1F. The molecule has 8 heteroatoms. The molecule has 4 nitrogen and oxygen atoms in total. The fourth-order valence-corrected chi connectivity index (χ4v) is 1.39. The molecular weight excluding hydrogens is 266 g/mol. The molecule has 1 amide bonds. The van der Waals surface area contributed by atoms with Crippen LogP contribution in [-0.2, 0) is 6.18 Å². The zero-order valence-electron chi connectivity index (χ0n) is 9.25. The van der Waals surface area contributed by atoms with Gasteiger partial charge in [-0.25, -0.2) is 4.39 Å². The Balaban J connectivity index is 2.31. The smallest absolute Gasteiger partial charge is 0.307 e. The third-order valence-corrected chi connectivity index (χ3v) is 2.29. The molecule has 2 aromatic rings. The molecule has 0 aliphatic carbocycles. The summed E-state index contributed by atoms with van der Waals surface area (Å²) in [6.07, 6.45) is -3.31. The van der Waals surface area contributed by atoms with Crippen molar-refractivity contribution in [3.05, 3.63) is 47.4 Å². The van der Waals surface area contributed by atoms with Crippen molar-refractivity contribution in [1.82, 2.24) is 10.2 Å². The van der Waals surface area contributed by atoms with Crippen LogP contribution in [0.3, 0.4) is 0 Å². The molecule has 1 aromatic carbocycles. The maximum absolute atomic E-state index is 13.4. The van der Waals surface area contributed by atoms with Gasteiger partial charge in [0.1, 0.15) is 11.6 Å². The second-order valence-corrected chi connectivity index (χ2v) is 3.62. The molecule has 0 bridgehead atoms. The highest BCUT2D eigenvalue weighted by Gasteiger charge is 2.31. The first kappa shape index (κ1) is 13.1. The molecule has 2 N–H and O–H groups in total. The number of alkyl halides is 3. The minimum absolute atomic E-state index is 0.154. The Morgan fingerprint density at radius 2 is 2.00 bits per heavy atom. The first-order chi connectivity index (χ1) is 8.88. The number of hydrogen-bond acceptors (Lipinski definition) is 2. The van der Waals surface area contributed by atoms with Crippen molar-refractivity contribution in [2.75, 3.05) is 5.32 Å². The fraction of sp³-hybridized carbons (Fsp3) is 0.0909. The topological polar surface area (TPSA) is 57.8 Å². The molecule has 0 aliphatic rings. The van der Waals surface area contributed by atoms with Gasteiger partial charge in [-0.2, -0.15) is 18.3 Å². The van der Waals surface area contributed by atoms with E-state index in [9.17, 15) is 22.4 Å². The van der Waals surface area contributed by atoms with E-state index in [-0.39, 0.29) is 5.82 Å². The molecule has 0 saturated heterocycles. The fourth-order valence-electron chi connectivity index (χ4n) is 1.39. The number of benzene rings is 1. The first-order valence-electron chi connectivity index (χ1n) is 5.05. The summed E-state index contributed by atoms with van der Waals surface area (Å²) in [5, 5.41) is 8.10. The number of aromatic nitrogens is 2. The molecule has 1 aromatic heterocycles. The van der Waals surface area contributed by atoms with E-state index in [0.717, 1.165) is 0 Å². The largest absolute Gasteiger partial charge is 0.416 e. The summed E-state index contributed by atoms with van der Waals surface area (Å²) in [7, 11) is 0. The van der Waals surface area contributed by atoms with Gasteiger partial charge in [0.05, 0.1) is 17.3 Å². The first-order valence-corrected chi connectivity index (χ1v) is 5.05.